The highest BCUT2D eigenvalue weighted by atomic mass is 16.5. The van der Waals surface area contributed by atoms with E-state index >= 15 is 0 Å². The summed E-state index contributed by atoms with van der Waals surface area (Å²) in [5.74, 6) is 0.168. The zero-order valence-corrected chi connectivity index (χ0v) is 9.06. The maximum atomic E-state index is 11.0. The number of carbonyl (C=O) groups excluding carboxylic acids is 1. The lowest BCUT2D eigenvalue weighted by molar-refractivity contribution is -0.142. The SMILES string of the molecule is COC(=O)[C@@H](N)COc1cc(C)oc(=O)c1. The van der Waals surface area contributed by atoms with Gasteiger partial charge in [0.1, 0.15) is 24.2 Å². The molecule has 88 valence electrons. The first-order valence-electron chi connectivity index (χ1n) is 4.61. The van der Waals surface area contributed by atoms with Gasteiger partial charge in [-0.15, -0.1) is 0 Å². The number of esters is 1. The number of aryl methyl sites for hydroxylation is 1. The lowest BCUT2D eigenvalue weighted by Gasteiger charge is -2.10. The summed E-state index contributed by atoms with van der Waals surface area (Å²) in [5, 5.41) is 0. The van der Waals surface area contributed by atoms with Gasteiger partial charge in [-0.3, -0.25) is 4.79 Å². The molecule has 1 rings (SSSR count). The van der Waals surface area contributed by atoms with Crippen molar-refractivity contribution < 1.29 is 18.7 Å². The number of carbonyl (C=O) groups is 1. The third-order valence-electron chi connectivity index (χ3n) is 1.80. The number of ether oxygens (including phenoxy) is 2. The zero-order chi connectivity index (χ0) is 12.1. The van der Waals surface area contributed by atoms with Crippen molar-refractivity contribution in [2.75, 3.05) is 13.7 Å². The van der Waals surface area contributed by atoms with Crippen LogP contribution in [0.15, 0.2) is 21.3 Å². The van der Waals surface area contributed by atoms with Crippen LogP contribution in [0.4, 0.5) is 0 Å². The van der Waals surface area contributed by atoms with E-state index in [1.165, 1.54) is 19.2 Å². The van der Waals surface area contributed by atoms with E-state index in [0.29, 0.717) is 11.5 Å². The average Bonchev–Trinajstić information content (AvgIpc) is 2.23. The molecule has 2 N–H and O–H groups in total. The molecule has 0 saturated heterocycles. The Hall–Kier alpha value is -1.82. The molecule has 1 aromatic rings. The maximum Gasteiger partial charge on any atom is 0.339 e. The quantitative estimate of drug-likeness (QED) is 0.718. The van der Waals surface area contributed by atoms with Gasteiger partial charge in [0.2, 0.25) is 0 Å². The molecule has 0 spiro atoms. The highest BCUT2D eigenvalue weighted by molar-refractivity contribution is 5.75. The minimum absolute atomic E-state index is 0.0600. The zero-order valence-electron chi connectivity index (χ0n) is 9.06. The number of methoxy groups -OCH3 is 1. The van der Waals surface area contributed by atoms with Crippen molar-refractivity contribution in [3.05, 3.63) is 28.3 Å². The molecule has 0 aliphatic rings. The fourth-order valence-electron chi connectivity index (χ4n) is 1.06. The minimum Gasteiger partial charge on any atom is -0.491 e. The summed E-state index contributed by atoms with van der Waals surface area (Å²) in [6, 6.07) is 1.83. The Labute approximate surface area is 92.0 Å². The van der Waals surface area contributed by atoms with Gasteiger partial charge in [0.25, 0.3) is 0 Å². The van der Waals surface area contributed by atoms with Gasteiger partial charge >= 0.3 is 11.6 Å². The van der Waals surface area contributed by atoms with E-state index in [1.54, 1.807) is 6.92 Å². The van der Waals surface area contributed by atoms with Crippen LogP contribution in [-0.4, -0.2) is 25.7 Å². The van der Waals surface area contributed by atoms with Crippen molar-refractivity contribution in [1.82, 2.24) is 0 Å². The summed E-state index contributed by atoms with van der Waals surface area (Å²) in [6.45, 7) is 1.56. The third-order valence-corrected chi connectivity index (χ3v) is 1.80. The van der Waals surface area contributed by atoms with Crippen molar-refractivity contribution in [1.29, 1.82) is 0 Å². The van der Waals surface area contributed by atoms with Gasteiger partial charge in [0.15, 0.2) is 0 Å². The molecule has 0 bridgehead atoms. The van der Waals surface area contributed by atoms with Crippen molar-refractivity contribution in [3.8, 4) is 5.75 Å². The Balaban J connectivity index is 2.61. The van der Waals surface area contributed by atoms with E-state index in [2.05, 4.69) is 4.74 Å². The van der Waals surface area contributed by atoms with Crippen LogP contribution >= 0.6 is 0 Å². The summed E-state index contributed by atoms with van der Waals surface area (Å²) in [7, 11) is 1.24. The molecule has 1 aromatic heterocycles. The van der Waals surface area contributed by atoms with E-state index < -0.39 is 17.6 Å². The van der Waals surface area contributed by atoms with E-state index in [-0.39, 0.29) is 6.61 Å². The van der Waals surface area contributed by atoms with Crippen LogP contribution in [0.25, 0.3) is 0 Å². The molecule has 0 aliphatic heterocycles. The van der Waals surface area contributed by atoms with Crippen molar-refractivity contribution in [2.45, 2.75) is 13.0 Å². The monoisotopic (exact) mass is 227 g/mol. The summed E-state index contributed by atoms with van der Waals surface area (Å²) in [5.41, 5.74) is 4.94. The Morgan fingerprint density at radius 1 is 1.56 bits per heavy atom. The first-order valence-corrected chi connectivity index (χ1v) is 4.61. The molecule has 16 heavy (non-hydrogen) atoms. The molecule has 6 nitrogen and oxygen atoms in total. The van der Waals surface area contributed by atoms with Crippen molar-refractivity contribution >= 4 is 5.97 Å². The highest BCUT2D eigenvalue weighted by Crippen LogP contribution is 2.09. The molecule has 0 aliphatic carbocycles. The van der Waals surface area contributed by atoms with Crippen LogP contribution in [0.1, 0.15) is 5.76 Å². The second-order valence-electron chi connectivity index (χ2n) is 3.16. The second kappa shape index (κ2) is 5.32. The standard InChI is InChI=1S/C10H13NO5/c1-6-3-7(4-9(12)16-6)15-5-8(11)10(13)14-2/h3-4,8H,5,11H2,1-2H3/t8-/m0/s1. The Bertz CT molecular complexity index is 425. The van der Waals surface area contributed by atoms with Gasteiger partial charge in [0, 0.05) is 6.07 Å². The molecule has 0 saturated carbocycles. The van der Waals surface area contributed by atoms with Crippen molar-refractivity contribution in [2.24, 2.45) is 5.73 Å². The van der Waals surface area contributed by atoms with Crippen LogP contribution in [0.5, 0.6) is 5.75 Å². The van der Waals surface area contributed by atoms with Gasteiger partial charge in [0.05, 0.1) is 13.2 Å². The second-order valence-corrected chi connectivity index (χ2v) is 3.16. The topological polar surface area (TPSA) is 91.8 Å². The summed E-state index contributed by atoms with van der Waals surface area (Å²) in [4.78, 5) is 21.9. The predicted molar refractivity (Wildman–Crippen MR) is 55.2 cm³/mol. The molecule has 0 fully saturated rings. The van der Waals surface area contributed by atoms with Crippen LogP contribution in [0, 0.1) is 6.92 Å². The minimum atomic E-state index is -0.877. The molecule has 6 heteroatoms. The van der Waals surface area contributed by atoms with Gasteiger partial charge < -0.3 is 19.6 Å². The van der Waals surface area contributed by atoms with Crippen LogP contribution in [0.2, 0.25) is 0 Å². The van der Waals surface area contributed by atoms with Crippen LogP contribution in [0.3, 0.4) is 0 Å². The normalized spacial score (nSPS) is 11.9. The van der Waals surface area contributed by atoms with Gasteiger partial charge in [-0.25, -0.2) is 4.79 Å². The number of nitrogens with two attached hydrogens (primary N) is 1. The average molecular weight is 227 g/mol. The molecule has 1 atom stereocenters. The molecular weight excluding hydrogens is 214 g/mol. The van der Waals surface area contributed by atoms with E-state index in [1.807, 2.05) is 0 Å². The van der Waals surface area contributed by atoms with E-state index in [9.17, 15) is 9.59 Å². The van der Waals surface area contributed by atoms with Gasteiger partial charge in [-0.1, -0.05) is 0 Å². The lowest BCUT2D eigenvalue weighted by atomic mass is 10.3. The Kier molecular flexibility index (Phi) is 4.07. The number of rotatable bonds is 4. The Morgan fingerprint density at radius 2 is 2.25 bits per heavy atom. The first-order chi connectivity index (χ1) is 7.52. The van der Waals surface area contributed by atoms with Gasteiger partial charge in [-0.2, -0.15) is 0 Å². The molecule has 0 unspecified atom stereocenters. The molecule has 1 heterocycles. The van der Waals surface area contributed by atoms with Crippen molar-refractivity contribution in [3.63, 3.8) is 0 Å². The molecule has 0 radical (unpaired) electrons. The molecule has 0 aromatic carbocycles. The number of hydrogen-bond acceptors (Lipinski definition) is 6. The largest absolute Gasteiger partial charge is 0.491 e. The highest BCUT2D eigenvalue weighted by Gasteiger charge is 2.14. The first kappa shape index (κ1) is 12.3. The fourth-order valence-corrected chi connectivity index (χ4v) is 1.06. The molecule has 0 amide bonds. The van der Waals surface area contributed by atoms with E-state index in [0.717, 1.165) is 0 Å². The molecular formula is C10H13NO5. The fraction of sp³-hybridized carbons (Fsp3) is 0.400. The predicted octanol–water partition coefficient (Wildman–Crippen LogP) is -0.173. The third kappa shape index (κ3) is 3.39. The number of hydrogen-bond donors (Lipinski definition) is 1. The van der Waals surface area contributed by atoms with E-state index in [4.69, 9.17) is 14.9 Å². The Morgan fingerprint density at radius 3 is 2.81 bits per heavy atom. The summed E-state index contributed by atoms with van der Waals surface area (Å²) >= 11 is 0. The smallest absolute Gasteiger partial charge is 0.339 e. The lowest BCUT2D eigenvalue weighted by Crippen LogP contribution is -2.37. The van der Waals surface area contributed by atoms with Crippen LogP contribution in [-0.2, 0) is 9.53 Å². The summed E-state index contributed by atoms with van der Waals surface area (Å²) < 4.78 is 14.3. The maximum absolute atomic E-state index is 11.0. The summed E-state index contributed by atoms with van der Waals surface area (Å²) in [6.07, 6.45) is 0. The van der Waals surface area contributed by atoms with Gasteiger partial charge in [-0.05, 0) is 6.92 Å². The van der Waals surface area contributed by atoms with Crippen LogP contribution < -0.4 is 16.1 Å².